The smallest absolute Gasteiger partial charge is 0.379 e. The molecular formula is C12H20N2O3. The normalized spacial score (nSPS) is 10.8. The molecule has 5 nitrogen and oxygen atoms in total. The van der Waals surface area contributed by atoms with E-state index in [0.29, 0.717) is 12.5 Å². The van der Waals surface area contributed by atoms with Crippen LogP contribution in [0.5, 0.6) is 0 Å². The van der Waals surface area contributed by atoms with Crippen LogP contribution in [0.25, 0.3) is 0 Å². The molecule has 1 rings (SSSR count). The lowest BCUT2D eigenvalue weighted by Gasteiger charge is -2.08. The molecule has 0 spiro atoms. The van der Waals surface area contributed by atoms with Crippen LogP contribution in [0.4, 0.5) is 0 Å². The van der Waals surface area contributed by atoms with Crippen molar-refractivity contribution in [2.24, 2.45) is 0 Å². The van der Waals surface area contributed by atoms with Crippen LogP contribution < -0.4 is 0 Å². The summed E-state index contributed by atoms with van der Waals surface area (Å²) in [7, 11) is 0. The van der Waals surface area contributed by atoms with Gasteiger partial charge >= 0.3 is 5.97 Å². The summed E-state index contributed by atoms with van der Waals surface area (Å²) in [4.78, 5) is 15.5. The van der Waals surface area contributed by atoms with Gasteiger partial charge in [0.25, 0.3) is 5.82 Å². The summed E-state index contributed by atoms with van der Waals surface area (Å²) in [6.45, 7) is 6.29. The second kappa shape index (κ2) is 7.04. The van der Waals surface area contributed by atoms with Crippen molar-refractivity contribution >= 4 is 5.97 Å². The summed E-state index contributed by atoms with van der Waals surface area (Å²) in [6, 6.07) is 0. The van der Waals surface area contributed by atoms with Crippen LogP contribution in [0.2, 0.25) is 0 Å². The Labute approximate surface area is 102 Å². The van der Waals surface area contributed by atoms with E-state index in [1.165, 1.54) is 0 Å². The van der Waals surface area contributed by atoms with E-state index >= 15 is 0 Å². The predicted octanol–water partition coefficient (Wildman–Crippen LogP) is 2.93. The van der Waals surface area contributed by atoms with Gasteiger partial charge in [-0.1, -0.05) is 26.7 Å². The molecule has 0 aliphatic heterocycles. The first-order valence-electron chi connectivity index (χ1n) is 6.23. The highest BCUT2D eigenvalue weighted by Gasteiger charge is 2.21. The van der Waals surface area contributed by atoms with E-state index in [2.05, 4.69) is 24.0 Å². The van der Waals surface area contributed by atoms with Gasteiger partial charge in [-0.15, -0.1) is 0 Å². The van der Waals surface area contributed by atoms with Crippen molar-refractivity contribution in [3.05, 3.63) is 11.7 Å². The maximum atomic E-state index is 11.4. The van der Waals surface area contributed by atoms with Crippen molar-refractivity contribution in [1.82, 2.24) is 10.1 Å². The SMILES string of the molecule is CCCC(CCC)c1nc(C(=O)OCC)no1. The minimum absolute atomic E-state index is 0.0269. The molecule has 0 aliphatic carbocycles. The third-order valence-electron chi connectivity index (χ3n) is 2.52. The van der Waals surface area contributed by atoms with Gasteiger partial charge in [0.15, 0.2) is 0 Å². The molecule has 0 N–H and O–H groups in total. The molecular weight excluding hydrogens is 220 g/mol. The van der Waals surface area contributed by atoms with Crippen molar-refractivity contribution in [2.75, 3.05) is 6.61 Å². The lowest BCUT2D eigenvalue weighted by atomic mass is 9.98. The quantitative estimate of drug-likeness (QED) is 0.685. The molecule has 0 unspecified atom stereocenters. The standard InChI is InChI=1S/C12H20N2O3/c1-4-7-9(8-5-2)11-13-10(14-17-11)12(15)16-6-3/h9H,4-8H2,1-3H3. The molecule has 0 saturated heterocycles. The summed E-state index contributed by atoms with van der Waals surface area (Å²) in [5.74, 6) is 0.311. The van der Waals surface area contributed by atoms with Gasteiger partial charge in [-0.3, -0.25) is 0 Å². The van der Waals surface area contributed by atoms with Gasteiger partial charge < -0.3 is 9.26 Å². The molecule has 1 aromatic rings. The average molecular weight is 240 g/mol. The van der Waals surface area contributed by atoms with Crippen LogP contribution in [-0.4, -0.2) is 22.7 Å². The van der Waals surface area contributed by atoms with E-state index in [0.717, 1.165) is 25.7 Å². The van der Waals surface area contributed by atoms with Crippen LogP contribution >= 0.6 is 0 Å². The fraction of sp³-hybridized carbons (Fsp3) is 0.750. The van der Waals surface area contributed by atoms with Gasteiger partial charge in [0.1, 0.15) is 0 Å². The molecule has 0 fully saturated rings. The summed E-state index contributed by atoms with van der Waals surface area (Å²) < 4.78 is 9.95. The first-order valence-corrected chi connectivity index (χ1v) is 6.23. The largest absolute Gasteiger partial charge is 0.460 e. The summed E-state index contributed by atoms with van der Waals surface area (Å²) >= 11 is 0. The van der Waals surface area contributed by atoms with Crippen molar-refractivity contribution < 1.29 is 14.1 Å². The summed E-state index contributed by atoms with van der Waals surface area (Å²) in [5.41, 5.74) is 0. The number of ether oxygens (including phenoxy) is 1. The topological polar surface area (TPSA) is 65.2 Å². The summed E-state index contributed by atoms with van der Waals surface area (Å²) in [6.07, 6.45) is 4.11. The van der Waals surface area contributed by atoms with Crippen LogP contribution in [0, 0.1) is 0 Å². The van der Waals surface area contributed by atoms with E-state index in [1.807, 2.05) is 0 Å². The van der Waals surface area contributed by atoms with E-state index in [1.54, 1.807) is 6.92 Å². The second-order valence-corrected chi connectivity index (χ2v) is 3.95. The molecule has 0 atom stereocenters. The van der Waals surface area contributed by atoms with Crippen LogP contribution in [-0.2, 0) is 4.74 Å². The second-order valence-electron chi connectivity index (χ2n) is 3.95. The van der Waals surface area contributed by atoms with Crippen molar-refractivity contribution in [3.63, 3.8) is 0 Å². The predicted molar refractivity (Wildman–Crippen MR) is 62.8 cm³/mol. The Morgan fingerprint density at radius 2 is 1.94 bits per heavy atom. The third kappa shape index (κ3) is 3.84. The minimum atomic E-state index is -0.519. The van der Waals surface area contributed by atoms with Crippen LogP contribution in [0.3, 0.4) is 0 Å². The number of carbonyl (C=O) groups excluding carboxylic acids is 1. The van der Waals surface area contributed by atoms with Gasteiger partial charge in [-0.2, -0.15) is 4.98 Å². The molecule has 0 saturated carbocycles. The molecule has 1 heterocycles. The minimum Gasteiger partial charge on any atom is -0.460 e. The maximum Gasteiger partial charge on any atom is 0.379 e. The zero-order valence-electron chi connectivity index (χ0n) is 10.7. The number of hydrogen-bond donors (Lipinski definition) is 0. The van der Waals surface area contributed by atoms with E-state index in [4.69, 9.17) is 9.26 Å². The van der Waals surface area contributed by atoms with Gasteiger partial charge in [0.2, 0.25) is 5.89 Å². The summed E-state index contributed by atoms with van der Waals surface area (Å²) in [5, 5.41) is 3.66. The van der Waals surface area contributed by atoms with Gasteiger partial charge in [0.05, 0.1) is 6.61 Å². The number of hydrogen-bond acceptors (Lipinski definition) is 5. The molecule has 0 amide bonds. The maximum absolute atomic E-state index is 11.4. The zero-order chi connectivity index (χ0) is 12.7. The van der Waals surface area contributed by atoms with Crippen LogP contribution in [0.1, 0.15) is 68.9 Å². The number of rotatable bonds is 7. The van der Waals surface area contributed by atoms with Gasteiger partial charge in [0, 0.05) is 5.92 Å². The molecule has 0 aromatic carbocycles. The molecule has 96 valence electrons. The number of aromatic nitrogens is 2. The van der Waals surface area contributed by atoms with Crippen molar-refractivity contribution in [1.29, 1.82) is 0 Å². The van der Waals surface area contributed by atoms with Crippen LogP contribution in [0.15, 0.2) is 4.52 Å². The van der Waals surface area contributed by atoms with E-state index in [-0.39, 0.29) is 11.7 Å². The Morgan fingerprint density at radius 1 is 1.29 bits per heavy atom. The lowest BCUT2D eigenvalue weighted by Crippen LogP contribution is -2.07. The molecule has 0 aliphatic rings. The van der Waals surface area contributed by atoms with Crippen molar-refractivity contribution in [2.45, 2.75) is 52.4 Å². The number of carbonyl (C=O) groups is 1. The first-order chi connectivity index (χ1) is 8.22. The van der Waals surface area contributed by atoms with Gasteiger partial charge in [-0.25, -0.2) is 4.79 Å². The first kappa shape index (κ1) is 13.7. The zero-order valence-corrected chi connectivity index (χ0v) is 10.7. The number of nitrogens with zero attached hydrogens (tertiary/aromatic N) is 2. The highest BCUT2D eigenvalue weighted by molar-refractivity contribution is 5.84. The van der Waals surface area contributed by atoms with Gasteiger partial charge in [-0.05, 0) is 24.9 Å². The van der Waals surface area contributed by atoms with Crippen molar-refractivity contribution in [3.8, 4) is 0 Å². The number of esters is 1. The molecule has 17 heavy (non-hydrogen) atoms. The average Bonchev–Trinajstić information content (AvgIpc) is 2.78. The highest BCUT2D eigenvalue weighted by atomic mass is 16.5. The Kier molecular flexibility index (Phi) is 5.66. The molecule has 0 bridgehead atoms. The lowest BCUT2D eigenvalue weighted by molar-refractivity contribution is 0.0508. The third-order valence-corrected chi connectivity index (χ3v) is 2.52. The molecule has 5 heteroatoms. The molecule has 1 aromatic heterocycles. The molecule has 0 radical (unpaired) electrons. The Bertz CT molecular complexity index is 343. The van der Waals surface area contributed by atoms with E-state index < -0.39 is 5.97 Å². The van der Waals surface area contributed by atoms with E-state index in [9.17, 15) is 4.79 Å². The Hall–Kier alpha value is -1.39. The Balaban J connectivity index is 2.73. The Morgan fingerprint density at radius 3 is 2.47 bits per heavy atom. The fourth-order valence-electron chi connectivity index (χ4n) is 1.77. The monoisotopic (exact) mass is 240 g/mol. The highest BCUT2D eigenvalue weighted by Crippen LogP contribution is 2.24. The fourth-order valence-corrected chi connectivity index (χ4v) is 1.77.